The summed E-state index contributed by atoms with van der Waals surface area (Å²) in [4.78, 5) is 13.2. The van der Waals surface area contributed by atoms with E-state index in [9.17, 15) is 4.79 Å². The van der Waals surface area contributed by atoms with Crippen molar-refractivity contribution in [3.8, 4) is 0 Å². The van der Waals surface area contributed by atoms with Crippen LogP contribution in [0.5, 0.6) is 0 Å². The quantitative estimate of drug-likeness (QED) is 0.835. The molecule has 1 aromatic carbocycles. The Hall–Kier alpha value is -1.55. The normalized spacial score (nSPS) is 13.3. The second-order valence-electron chi connectivity index (χ2n) is 4.41. The fraction of sp³-hybridized carbons (Fsp3) is 0.462. The lowest BCUT2D eigenvalue weighted by Crippen LogP contribution is -2.33. The van der Waals surface area contributed by atoms with Crippen LogP contribution < -0.4 is 5.32 Å². The van der Waals surface area contributed by atoms with E-state index in [2.05, 4.69) is 11.4 Å². The van der Waals surface area contributed by atoms with Gasteiger partial charge in [0.1, 0.15) is 0 Å². The fourth-order valence-electron chi connectivity index (χ4n) is 2.12. The van der Waals surface area contributed by atoms with Crippen molar-refractivity contribution in [3.05, 3.63) is 29.3 Å². The van der Waals surface area contributed by atoms with Gasteiger partial charge in [0.15, 0.2) is 0 Å². The number of urea groups is 1. The molecule has 0 heterocycles. The molecular weight excluding hydrogens is 216 g/mol. The lowest BCUT2D eigenvalue weighted by atomic mass is 10.1. The van der Waals surface area contributed by atoms with Gasteiger partial charge in [-0.25, -0.2) is 4.79 Å². The molecule has 1 aromatic rings. The number of nitrogens with one attached hydrogen (secondary N) is 1. The first-order valence-corrected chi connectivity index (χ1v) is 5.95. The van der Waals surface area contributed by atoms with E-state index in [4.69, 9.17) is 5.11 Å². The standard InChI is InChI=1S/C13H18N2O2/c1-15(7-8-16)13(17)14-12-6-5-10-3-2-4-11(10)9-12/h5-6,9,16H,2-4,7-8H2,1H3,(H,14,17). The molecule has 4 nitrogen and oxygen atoms in total. The molecule has 1 aliphatic carbocycles. The highest BCUT2D eigenvalue weighted by molar-refractivity contribution is 5.89. The van der Waals surface area contributed by atoms with Crippen molar-refractivity contribution in [3.63, 3.8) is 0 Å². The zero-order valence-electron chi connectivity index (χ0n) is 10.1. The summed E-state index contributed by atoms with van der Waals surface area (Å²) >= 11 is 0. The van der Waals surface area contributed by atoms with Crippen LogP contribution in [-0.4, -0.2) is 36.2 Å². The largest absolute Gasteiger partial charge is 0.395 e. The van der Waals surface area contributed by atoms with Crippen LogP contribution in [0.15, 0.2) is 18.2 Å². The molecule has 0 aliphatic heterocycles. The first kappa shape index (κ1) is 11.9. The van der Waals surface area contributed by atoms with Crippen molar-refractivity contribution in [2.45, 2.75) is 19.3 Å². The minimum atomic E-state index is -0.183. The maximum Gasteiger partial charge on any atom is 0.321 e. The number of aryl methyl sites for hydroxylation is 2. The van der Waals surface area contributed by atoms with E-state index < -0.39 is 0 Å². The lowest BCUT2D eigenvalue weighted by Gasteiger charge is -2.16. The predicted octanol–water partition coefficient (Wildman–Crippen LogP) is 1.63. The number of aliphatic hydroxyl groups excluding tert-OH is 1. The molecule has 2 N–H and O–H groups in total. The Labute approximate surface area is 101 Å². The number of amides is 2. The molecule has 0 fully saturated rings. The Morgan fingerprint density at radius 2 is 2.18 bits per heavy atom. The number of hydrogen-bond acceptors (Lipinski definition) is 2. The molecule has 0 radical (unpaired) electrons. The van der Waals surface area contributed by atoms with Crippen LogP contribution in [-0.2, 0) is 12.8 Å². The molecule has 0 atom stereocenters. The third-order valence-corrected chi connectivity index (χ3v) is 3.13. The third-order valence-electron chi connectivity index (χ3n) is 3.13. The Kier molecular flexibility index (Phi) is 3.64. The molecule has 1 aliphatic rings. The number of aliphatic hydroxyl groups is 1. The Balaban J connectivity index is 2.01. The number of hydrogen-bond donors (Lipinski definition) is 2. The summed E-state index contributed by atoms with van der Waals surface area (Å²) in [6, 6.07) is 5.89. The highest BCUT2D eigenvalue weighted by Crippen LogP contribution is 2.24. The highest BCUT2D eigenvalue weighted by atomic mass is 16.3. The molecule has 17 heavy (non-hydrogen) atoms. The van der Waals surface area contributed by atoms with E-state index in [1.165, 1.54) is 22.4 Å². The Morgan fingerprint density at radius 1 is 1.41 bits per heavy atom. The van der Waals surface area contributed by atoms with Crippen molar-refractivity contribution in [1.29, 1.82) is 0 Å². The van der Waals surface area contributed by atoms with Crippen LogP contribution in [0.25, 0.3) is 0 Å². The van der Waals surface area contributed by atoms with Crippen molar-refractivity contribution in [2.75, 3.05) is 25.5 Å². The predicted molar refractivity (Wildman–Crippen MR) is 67.2 cm³/mol. The van der Waals surface area contributed by atoms with Gasteiger partial charge in [0.25, 0.3) is 0 Å². The number of carbonyl (C=O) groups excluding carboxylic acids is 1. The van der Waals surface area contributed by atoms with E-state index in [0.717, 1.165) is 18.5 Å². The van der Waals surface area contributed by atoms with E-state index in [0.29, 0.717) is 6.54 Å². The lowest BCUT2D eigenvalue weighted by molar-refractivity contribution is 0.202. The summed E-state index contributed by atoms with van der Waals surface area (Å²) in [6.07, 6.45) is 3.46. The summed E-state index contributed by atoms with van der Waals surface area (Å²) in [5, 5.41) is 11.6. The monoisotopic (exact) mass is 234 g/mol. The van der Waals surface area contributed by atoms with Crippen molar-refractivity contribution >= 4 is 11.7 Å². The van der Waals surface area contributed by atoms with Crippen molar-refractivity contribution in [1.82, 2.24) is 4.90 Å². The number of likely N-dealkylation sites (N-methyl/N-ethyl adjacent to an activating group) is 1. The van der Waals surface area contributed by atoms with Crippen LogP contribution in [0.3, 0.4) is 0 Å². The van der Waals surface area contributed by atoms with Gasteiger partial charge in [0.05, 0.1) is 6.61 Å². The zero-order chi connectivity index (χ0) is 12.3. The van der Waals surface area contributed by atoms with Crippen LogP contribution in [0, 0.1) is 0 Å². The number of nitrogens with zero attached hydrogens (tertiary/aromatic N) is 1. The molecule has 2 amide bonds. The number of rotatable bonds is 3. The van der Waals surface area contributed by atoms with Gasteiger partial charge in [0.2, 0.25) is 0 Å². The maximum atomic E-state index is 11.7. The maximum absolute atomic E-state index is 11.7. The summed E-state index contributed by atoms with van der Waals surface area (Å²) in [6.45, 7) is 0.324. The summed E-state index contributed by atoms with van der Waals surface area (Å²) in [5.74, 6) is 0. The topological polar surface area (TPSA) is 52.6 Å². The van der Waals surface area contributed by atoms with E-state index in [-0.39, 0.29) is 12.6 Å². The number of fused-ring (bicyclic) bond motifs is 1. The highest BCUT2D eigenvalue weighted by Gasteiger charge is 2.13. The van der Waals surface area contributed by atoms with Gasteiger partial charge >= 0.3 is 6.03 Å². The SMILES string of the molecule is CN(CCO)C(=O)Nc1ccc2c(c1)CCC2. The van der Waals surface area contributed by atoms with E-state index in [1.54, 1.807) is 7.05 Å². The van der Waals surface area contributed by atoms with E-state index >= 15 is 0 Å². The van der Waals surface area contributed by atoms with E-state index in [1.807, 2.05) is 12.1 Å². The van der Waals surface area contributed by atoms with Gasteiger partial charge in [0, 0.05) is 19.3 Å². The molecule has 0 bridgehead atoms. The molecule has 92 valence electrons. The second-order valence-corrected chi connectivity index (χ2v) is 4.41. The summed E-state index contributed by atoms with van der Waals surface area (Å²) in [7, 11) is 1.67. The molecule has 2 rings (SSSR count). The molecule has 0 spiro atoms. The minimum absolute atomic E-state index is 0.0197. The summed E-state index contributed by atoms with van der Waals surface area (Å²) in [5.41, 5.74) is 3.57. The van der Waals surface area contributed by atoms with Crippen molar-refractivity contribution < 1.29 is 9.90 Å². The first-order chi connectivity index (χ1) is 8.20. The van der Waals surface area contributed by atoms with Crippen LogP contribution in [0.1, 0.15) is 17.5 Å². The van der Waals surface area contributed by atoms with Gasteiger partial charge in [-0.3, -0.25) is 0 Å². The van der Waals surface area contributed by atoms with Gasteiger partial charge in [-0.1, -0.05) is 6.07 Å². The zero-order valence-corrected chi connectivity index (χ0v) is 10.1. The Morgan fingerprint density at radius 3 is 2.94 bits per heavy atom. The average molecular weight is 234 g/mol. The molecule has 0 unspecified atom stereocenters. The first-order valence-electron chi connectivity index (χ1n) is 5.95. The molecular formula is C13H18N2O2. The van der Waals surface area contributed by atoms with Crippen LogP contribution >= 0.6 is 0 Å². The molecule has 0 saturated carbocycles. The van der Waals surface area contributed by atoms with Gasteiger partial charge in [-0.05, 0) is 42.5 Å². The van der Waals surface area contributed by atoms with Crippen LogP contribution in [0.2, 0.25) is 0 Å². The molecule has 0 saturated heterocycles. The molecule has 4 heteroatoms. The fourth-order valence-corrected chi connectivity index (χ4v) is 2.12. The number of carbonyl (C=O) groups is 1. The average Bonchev–Trinajstić information content (AvgIpc) is 2.76. The number of benzene rings is 1. The van der Waals surface area contributed by atoms with Gasteiger partial charge < -0.3 is 15.3 Å². The minimum Gasteiger partial charge on any atom is -0.395 e. The smallest absolute Gasteiger partial charge is 0.321 e. The van der Waals surface area contributed by atoms with Gasteiger partial charge in [-0.2, -0.15) is 0 Å². The van der Waals surface area contributed by atoms with Crippen molar-refractivity contribution in [2.24, 2.45) is 0 Å². The number of anilines is 1. The van der Waals surface area contributed by atoms with Crippen LogP contribution in [0.4, 0.5) is 10.5 Å². The molecule has 0 aromatic heterocycles. The summed E-state index contributed by atoms with van der Waals surface area (Å²) < 4.78 is 0. The third kappa shape index (κ3) is 2.77. The van der Waals surface area contributed by atoms with Gasteiger partial charge in [-0.15, -0.1) is 0 Å². The Bertz CT molecular complexity index is 418. The second kappa shape index (κ2) is 5.19.